The van der Waals surface area contributed by atoms with Crippen molar-refractivity contribution in [1.29, 1.82) is 0 Å². The molecular weight excluding hydrogens is 452 g/mol. The number of aliphatic hydroxyl groups is 1. The van der Waals surface area contributed by atoms with E-state index in [1.54, 1.807) is 19.1 Å². The van der Waals surface area contributed by atoms with Crippen LogP contribution in [0.3, 0.4) is 0 Å². The average molecular weight is 475 g/mol. The van der Waals surface area contributed by atoms with E-state index in [-0.39, 0.29) is 11.3 Å². The van der Waals surface area contributed by atoms with E-state index in [1.165, 1.54) is 16.2 Å². The van der Waals surface area contributed by atoms with Gasteiger partial charge in [0.15, 0.2) is 16.7 Å². The summed E-state index contributed by atoms with van der Waals surface area (Å²) in [5.74, 6) is -0.478. The zero-order valence-electron chi connectivity index (χ0n) is 18.9. The topological polar surface area (TPSA) is 92.9 Å². The van der Waals surface area contributed by atoms with Gasteiger partial charge in [-0.3, -0.25) is 14.5 Å². The molecule has 2 aromatic carbocycles. The fourth-order valence-corrected chi connectivity index (χ4v) is 5.06. The summed E-state index contributed by atoms with van der Waals surface area (Å²) >= 11 is 1.30. The molecule has 0 saturated carbocycles. The summed E-state index contributed by atoms with van der Waals surface area (Å²) < 4.78 is 11.9. The molecule has 0 saturated heterocycles. The van der Waals surface area contributed by atoms with Crippen molar-refractivity contribution in [3.63, 3.8) is 0 Å². The number of Topliss-reactive ketones (excluding diaryl/α,β-unsaturated/α-hetero) is 1. The molecule has 5 rings (SSSR count). The van der Waals surface area contributed by atoms with Gasteiger partial charge < -0.3 is 14.3 Å². The molecule has 1 aliphatic heterocycles. The van der Waals surface area contributed by atoms with Crippen molar-refractivity contribution in [3.05, 3.63) is 88.6 Å². The molecule has 7 nitrogen and oxygen atoms in total. The predicted molar refractivity (Wildman–Crippen MR) is 130 cm³/mol. The zero-order chi connectivity index (χ0) is 24.0. The van der Waals surface area contributed by atoms with Crippen LogP contribution in [0.4, 0.5) is 5.13 Å². The van der Waals surface area contributed by atoms with Crippen molar-refractivity contribution in [3.8, 4) is 5.75 Å². The number of thiazole rings is 1. The number of carbonyl (C=O) groups excluding carboxylic acids is 2. The van der Waals surface area contributed by atoms with Gasteiger partial charge in [0.1, 0.15) is 11.5 Å². The number of nitrogens with zero attached hydrogens (tertiary/aromatic N) is 2. The van der Waals surface area contributed by atoms with Gasteiger partial charge in [0, 0.05) is 0 Å². The van der Waals surface area contributed by atoms with E-state index in [0.717, 1.165) is 10.3 Å². The molecule has 0 spiro atoms. The lowest BCUT2D eigenvalue weighted by Gasteiger charge is -2.24. The number of amides is 1. The molecule has 0 aliphatic carbocycles. The summed E-state index contributed by atoms with van der Waals surface area (Å²) in [5, 5.41) is 11.3. The van der Waals surface area contributed by atoms with Gasteiger partial charge in [-0.15, -0.1) is 0 Å². The molecule has 2 aromatic heterocycles. The highest BCUT2D eigenvalue weighted by atomic mass is 32.1. The Labute approximate surface area is 199 Å². The van der Waals surface area contributed by atoms with Gasteiger partial charge in [-0.2, -0.15) is 0 Å². The summed E-state index contributed by atoms with van der Waals surface area (Å²) in [6.07, 6.45) is 0. The number of ether oxygens (including phenoxy) is 1. The van der Waals surface area contributed by atoms with Crippen molar-refractivity contribution in [2.24, 2.45) is 0 Å². The smallest absolute Gasteiger partial charge is 0.296 e. The minimum Gasteiger partial charge on any atom is -0.503 e. The van der Waals surface area contributed by atoms with E-state index in [9.17, 15) is 14.7 Å². The van der Waals surface area contributed by atoms with Gasteiger partial charge >= 0.3 is 0 Å². The normalized spacial score (nSPS) is 16.0. The Balaban J connectivity index is 1.64. The Bertz CT molecular complexity index is 1450. The molecule has 0 radical (unpaired) electrons. The summed E-state index contributed by atoms with van der Waals surface area (Å²) in [6.45, 7) is 6.12. The van der Waals surface area contributed by atoms with Crippen LogP contribution in [0.15, 0.2) is 70.3 Å². The average Bonchev–Trinajstić information content (AvgIpc) is 3.50. The van der Waals surface area contributed by atoms with E-state index >= 15 is 0 Å². The van der Waals surface area contributed by atoms with Crippen LogP contribution >= 0.6 is 11.3 Å². The molecular formula is C26H22N2O5S. The largest absolute Gasteiger partial charge is 0.503 e. The third-order valence-corrected chi connectivity index (χ3v) is 6.69. The Morgan fingerprint density at radius 1 is 1.15 bits per heavy atom. The van der Waals surface area contributed by atoms with Crippen molar-refractivity contribution < 1.29 is 23.8 Å². The Hall–Kier alpha value is -3.91. The van der Waals surface area contributed by atoms with Crippen LogP contribution in [-0.4, -0.2) is 28.4 Å². The van der Waals surface area contributed by atoms with Gasteiger partial charge in [0.05, 0.1) is 28.4 Å². The number of fused-ring (bicyclic) bond motifs is 1. The fourth-order valence-electron chi connectivity index (χ4n) is 4.04. The van der Waals surface area contributed by atoms with Gasteiger partial charge in [0.2, 0.25) is 5.78 Å². The molecule has 8 heteroatoms. The zero-order valence-corrected chi connectivity index (χ0v) is 19.7. The Morgan fingerprint density at radius 3 is 2.59 bits per heavy atom. The minimum absolute atomic E-state index is 0.0301. The van der Waals surface area contributed by atoms with E-state index in [4.69, 9.17) is 9.15 Å². The van der Waals surface area contributed by atoms with Crippen LogP contribution in [0.5, 0.6) is 5.75 Å². The standard InChI is InChI=1S/C26H22N2O5S/c1-4-32-17-10-11-18-20(13-17)34-26(27-18)28-22(16-8-5-14(2)6-9-16)21(24(30)25(28)31)23(29)19-12-7-15(3)33-19/h5-13,22,30H,4H2,1-3H3/t22-/m1/s1. The monoisotopic (exact) mass is 474 g/mol. The molecule has 0 fully saturated rings. The first-order chi connectivity index (χ1) is 16.4. The quantitative estimate of drug-likeness (QED) is 0.361. The predicted octanol–water partition coefficient (Wildman–Crippen LogP) is 5.69. The number of anilines is 1. The van der Waals surface area contributed by atoms with Crippen LogP contribution < -0.4 is 9.64 Å². The molecule has 0 bridgehead atoms. The summed E-state index contributed by atoms with van der Waals surface area (Å²) in [7, 11) is 0. The molecule has 172 valence electrons. The van der Waals surface area contributed by atoms with Gasteiger partial charge in [-0.1, -0.05) is 41.2 Å². The number of ketones is 1. The fraction of sp³-hybridized carbons (Fsp3) is 0.192. The summed E-state index contributed by atoms with van der Waals surface area (Å²) in [5.41, 5.74) is 2.38. The number of carbonyl (C=O) groups is 2. The first-order valence-electron chi connectivity index (χ1n) is 10.8. The number of rotatable bonds is 6. The van der Waals surface area contributed by atoms with Crippen LogP contribution in [0, 0.1) is 13.8 Å². The number of furan rings is 1. The summed E-state index contributed by atoms with van der Waals surface area (Å²) in [4.78, 5) is 32.8. The first-order valence-corrected chi connectivity index (χ1v) is 11.7. The van der Waals surface area contributed by atoms with Crippen LogP contribution in [0.1, 0.15) is 40.4 Å². The maximum atomic E-state index is 13.4. The lowest BCUT2D eigenvalue weighted by Crippen LogP contribution is -2.30. The van der Waals surface area contributed by atoms with E-state index < -0.39 is 23.5 Å². The second kappa shape index (κ2) is 8.46. The molecule has 0 unspecified atom stereocenters. The van der Waals surface area contributed by atoms with Gasteiger partial charge in [-0.25, -0.2) is 4.98 Å². The third-order valence-electron chi connectivity index (χ3n) is 5.68. The SMILES string of the molecule is CCOc1ccc2nc(N3C(=O)C(O)=C(C(=O)c4ccc(C)o4)[C@H]3c3ccc(C)cc3)sc2c1. The molecule has 1 amide bonds. The van der Waals surface area contributed by atoms with Crippen LogP contribution in [0.2, 0.25) is 0 Å². The number of aryl methyl sites for hydroxylation is 2. The maximum absolute atomic E-state index is 13.4. The van der Waals surface area contributed by atoms with Crippen molar-refractivity contribution in [2.75, 3.05) is 11.5 Å². The molecule has 34 heavy (non-hydrogen) atoms. The van der Waals surface area contributed by atoms with Crippen molar-refractivity contribution in [2.45, 2.75) is 26.8 Å². The third kappa shape index (κ3) is 3.66. The van der Waals surface area contributed by atoms with Gasteiger partial charge in [-0.05, 0) is 56.7 Å². The minimum atomic E-state index is -0.849. The lowest BCUT2D eigenvalue weighted by atomic mass is 9.94. The van der Waals surface area contributed by atoms with Crippen molar-refractivity contribution >= 4 is 38.4 Å². The highest BCUT2D eigenvalue weighted by Crippen LogP contribution is 2.44. The van der Waals surface area contributed by atoms with E-state index in [0.29, 0.717) is 34.3 Å². The second-order valence-corrected chi connectivity index (χ2v) is 9.06. The first kappa shape index (κ1) is 21.9. The number of hydrogen-bond donors (Lipinski definition) is 1. The van der Waals surface area contributed by atoms with E-state index in [1.807, 2.05) is 56.3 Å². The second-order valence-electron chi connectivity index (χ2n) is 8.05. The number of hydrogen-bond acceptors (Lipinski definition) is 7. The maximum Gasteiger partial charge on any atom is 0.296 e. The molecule has 1 aliphatic rings. The molecule has 3 heterocycles. The Morgan fingerprint density at radius 2 is 1.91 bits per heavy atom. The Kier molecular flexibility index (Phi) is 5.45. The van der Waals surface area contributed by atoms with Crippen LogP contribution in [0.25, 0.3) is 10.2 Å². The summed E-state index contributed by atoms with van der Waals surface area (Å²) in [6, 6.07) is 15.4. The van der Waals surface area contributed by atoms with Crippen molar-refractivity contribution in [1.82, 2.24) is 4.98 Å². The highest BCUT2D eigenvalue weighted by Gasteiger charge is 2.46. The molecule has 1 atom stereocenters. The van der Waals surface area contributed by atoms with Crippen LogP contribution in [-0.2, 0) is 4.79 Å². The van der Waals surface area contributed by atoms with Gasteiger partial charge in [0.25, 0.3) is 5.91 Å². The molecule has 4 aromatic rings. The highest BCUT2D eigenvalue weighted by molar-refractivity contribution is 7.22. The van der Waals surface area contributed by atoms with E-state index in [2.05, 4.69) is 4.98 Å². The molecule has 1 N–H and O–H groups in total. The number of benzene rings is 2. The number of aromatic nitrogens is 1. The lowest BCUT2D eigenvalue weighted by molar-refractivity contribution is -0.117. The number of aliphatic hydroxyl groups excluding tert-OH is 1.